The molecule has 2 unspecified atom stereocenters. The van der Waals surface area contributed by atoms with E-state index in [0.717, 1.165) is 12.2 Å². The normalized spacial score (nSPS) is 24.7. The number of hydrogen-bond acceptors (Lipinski definition) is 4. The van der Waals surface area contributed by atoms with Gasteiger partial charge < -0.3 is 19.4 Å². The Kier molecular flexibility index (Phi) is 7.90. The molecule has 7 heteroatoms. The van der Waals surface area contributed by atoms with Crippen LogP contribution in [0.4, 0.5) is 14.5 Å². The van der Waals surface area contributed by atoms with Crippen LogP contribution in [0.3, 0.4) is 0 Å². The highest BCUT2D eigenvalue weighted by Crippen LogP contribution is 2.44. The van der Waals surface area contributed by atoms with Crippen LogP contribution in [0.25, 0.3) is 0 Å². The third-order valence-electron chi connectivity index (χ3n) is 9.04. The van der Waals surface area contributed by atoms with E-state index >= 15 is 0 Å². The first-order valence-electron chi connectivity index (χ1n) is 13.8. The molecule has 0 bridgehead atoms. The number of piperazine rings is 1. The van der Waals surface area contributed by atoms with Gasteiger partial charge in [-0.05, 0) is 73.0 Å². The van der Waals surface area contributed by atoms with Crippen LogP contribution in [0.5, 0.6) is 5.75 Å². The molecule has 1 N–H and O–H groups in total. The molecular weight excluding hydrogens is 462 g/mol. The third kappa shape index (κ3) is 5.42. The molecule has 0 amide bonds. The van der Waals surface area contributed by atoms with Crippen molar-refractivity contribution in [3.05, 3.63) is 24.3 Å². The number of rotatable bonds is 9. The van der Waals surface area contributed by atoms with Crippen molar-refractivity contribution in [2.45, 2.75) is 127 Å². The second-order valence-corrected chi connectivity index (χ2v) is 17.7. The number of halogens is 2. The van der Waals surface area contributed by atoms with Gasteiger partial charge in [-0.1, -0.05) is 54.4 Å². The molecule has 4 nitrogen and oxygen atoms in total. The molecule has 4 rings (SSSR count). The fourth-order valence-corrected chi connectivity index (χ4v) is 12.8. The monoisotopic (exact) mass is 508 g/mol. The molecule has 1 aliphatic heterocycles. The van der Waals surface area contributed by atoms with E-state index in [1.165, 1.54) is 44.9 Å². The van der Waals surface area contributed by atoms with Crippen molar-refractivity contribution in [1.29, 1.82) is 0 Å². The van der Waals surface area contributed by atoms with Crippen LogP contribution in [-0.2, 0) is 4.43 Å². The predicted molar refractivity (Wildman–Crippen MR) is 142 cm³/mol. The van der Waals surface area contributed by atoms with Gasteiger partial charge in [0.15, 0.2) is 0 Å². The Bertz CT molecular complexity index is 820. The van der Waals surface area contributed by atoms with Crippen LogP contribution in [0, 0.1) is 0 Å². The summed E-state index contributed by atoms with van der Waals surface area (Å²) in [7, 11) is -2.39. The van der Waals surface area contributed by atoms with E-state index in [-0.39, 0.29) is 27.9 Å². The first-order valence-corrected chi connectivity index (χ1v) is 16.0. The van der Waals surface area contributed by atoms with Crippen molar-refractivity contribution < 1.29 is 17.9 Å². The first kappa shape index (κ1) is 26.9. The summed E-state index contributed by atoms with van der Waals surface area (Å²) >= 11 is 0. The molecule has 2 aliphatic carbocycles. The summed E-state index contributed by atoms with van der Waals surface area (Å²) in [5.74, 6) is 0.196. The van der Waals surface area contributed by atoms with E-state index in [0.29, 0.717) is 12.1 Å². The second kappa shape index (κ2) is 10.3. The minimum Gasteiger partial charge on any atom is -0.431 e. The number of alkyl halides is 2. The van der Waals surface area contributed by atoms with Crippen LogP contribution < -0.4 is 15.0 Å². The van der Waals surface area contributed by atoms with Crippen LogP contribution in [0.2, 0.25) is 16.6 Å². The van der Waals surface area contributed by atoms with Crippen molar-refractivity contribution >= 4 is 14.0 Å². The second-order valence-electron chi connectivity index (χ2n) is 12.2. The molecular formula is C28H46F2N2O2Si. The third-order valence-corrected chi connectivity index (χ3v) is 15.1. The number of nitrogens with one attached hydrogen (secondary N) is 1. The number of benzene rings is 1. The minimum absolute atomic E-state index is 0.196. The maximum atomic E-state index is 14.9. The van der Waals surface area contributed by atoms with E-state index in [9.17, 15) is 8.78 Å². The average molecular weight is 509 g/mol. The van der Waals surface area contributed by atoms with Crippen LogP contribution in [0.15, 0.2) is 24.3 Å². The van der Waals surface area contributed by atoms with Crippen molar-refractivity contribution in [3.8, 4) is 5.75 Å². The van der Waals surface area contributed by atoms with Crippen LogP contribution in [0.1, 0.15) is 86.5 Å². The zero-order valence-corrected chi connectivity index (χ0v) is 23.6. The highest BCUT2D eigenvalue weighted by Gasteiger charge is 2.49. The van der Waals surface area contributed by atoms with E-state index in [2.05, 4.69) is 51.8 Å². The molecule has 1 saturated heterocycles. The fraction of sp³-hybridized carbons (Fsp3) is 0.786. The van der Waals surface area contributed by atoms with E-state index in [1.54, 1.807) is 12.1 Å². The molecule has 0 aromatic heterocycles. The Morgan fingerprint density at radius 2 is 1.57 bits per heavy atom. The fourth-order valence-electron chi connectivity index (χ4n) is 7.34. The van der Waals surface area contributed by atoms with Gasteiger partial charge in [0.25, 0.3) is 0 Å². The maximum absolute atomic E-state index is 14.9. The molecule has 2 saturated carbocycles. The zero-order chi connectivity index (χ0) is 25.4. The molecule has 1 spiro atoms. The van der Waals surface area contributed by atoms with Gasteiger partial charge in [0.1, 0.15) is 12.4 Å². The lowest BCUT2D eigenvalue weighted by Crippen LogP contribution is -2.72. The van der Waals surface area contributed by atoms with Crippen molar-refractivity contribution in [2.24, 2.45) is 0 Å². The first-order chi connectivity index (χ1) is 16.5. The number of nitrogens with zero attached hydrogens (tertiary/aromatic N) is 1. The molecule has 1 heterocycles. The van der Waals surface area contributed by atoms with Gasteiger partial charge in [0, 0.05) is 29.9 Å². The molecule has 1 aromatic carbocycles. The van der Waals surface area contributed by atoms with Crippen LogP contribution >= 0.6 is 0 Å². The quantitative estimate of drug-likeness (QED) is 0.350. The topological polar surface area (TPSA) is 33.7 Å². The SMILES string of the molecule is CC(C)[Si](OCC(F)(F)Oc1ccc(N2CC3(CCC3)NC3CCCCC32)cc1)(C(C)C)C(C)C. The standard InChI is InChI=1S/C28H46F2N2O2Si/c1-20(2)35(21(3)4,22(5)6)33-19-28(29,30)34-24-14-12-23(13-15-24)32-18-27(16-9-17-27)31-25-10-7-8-11-26(25)32/h12-15,20-22,25-26,31H,7-11,16-19H2,1-6H3. The lowest BCUT2D eigenvalue weighted by atomic mass is 9.71. The summed E-state index contributed by atoms with van der Waals surface area (Å²) < 4.78 is 41.1. The minimum atomic E-state index is -3.36. The van der Waals surface area contributed by atoms with Crippen LogP contribution in [-0.4, -0.2) is 45.2 Å². The van der Waals surface area contributed by atoms with Gasteiger partial charge in [-0.3, -0.25) is 0 Å². The van der Waals surface area contributed by atoms with E-state index < -0.39 is 21.0 Å². The van der Waals surface area contributed by atoms with Gasteiger partial charge in [-0.25, -0.2) is 0 Å². The summed E-state index contributed by atoms with van der Waals surface area (Å²) in [5, 5.41) is 3.98. The van der Waals surface area contributed by atoms with Gasteiger partial charge >= 0.3 is 6.11 Å². The van der Waals surface area contributed by atoms with Gasteiger partial charge in [0.2, 0.25) is 8.32 Å². The largest absolute Gasteiger partial charge is 0.431 e. The smallest absolute Gasteiger partial charge is 0.420 e. The van der Waals surface area contributed by atoms with Crippen molar-refractivity contribution in [1.82, 2.24) is 5.32 Å². The van der Waals surface area contributed by atoms with Crippen molar-refractivity contribution in [3.63, 3.8) is 0 Å². The zero-order valence-electron chi connectivity index (χ0n) is 22.6. The Labute approximate surface area is 212 Å². The predicted octanol–water partition coefficient (Wildman–Crippen LogP) is 7.49. The highest BCUT2D eigenvalue weighted by molar-refractivity contribution is 6.77. The molecule has 1 aromatic rings. The van der Waals surface area contributed by atoms with E-state index in [1.807, 2.05) is 12.1 Å². The number of fused-ring (bicyclic) bond motifs is 1. The Morgan fingerprint density at radius 1 is 0.971 bits per heavy atom. The number of ether oxygens (including phenoxy) is 1. The Balaban J connectivity index is 1.43. The summed E-state index contributed by atoms with van der Waals surface area (Å²) in [6.45, 7) is 12.9. The lowest BCUT2D eigenvalue weighted by molar-refractivity contribution is -0.198. The molecule has 198 valence electrons. The Hall–Kier alpha value is -1.18. The van der Waals surface area contributed by atoms with Crippen molar-refractivity contribution in [2.75, 3.05) is 18.1 Å². The average Bonchev–Trinajstić information content (AvgIpc) is 2.77. The summed E-state index contributed by atoms with van der Waals surface area (Å²) in [6.07, 6.45) is 5.35. The van der Waals surface area contributed by atoms with Gasteiger partial charge in [-0.2, -0.15) is 8.78 Å². The lowest BCUT2D eigenvalue weighted by Gasteiger charge is -2.58. The molecule has 3 aliphatic rings. The molecule has 35 heavy (non-hydrogen) atoms. The van der Waals surface area contributed by atoms with Gasteiger partial charge in [-0.15, -0.1) is 0 Å². The molecule has 3 fully saturated rings. The van der Waals surface area contributed by atoms with E-state index in [4.69, 9.17) is 9.16 Å². The number of anilines is 1. The highest BCUT2D eigenvalue weighted by atomic mass is 28.4. The molecule has 0 radical (unpaired) electrons. The summed E-state index contributed by atoms with van der Waals surface area (Å²) in [5.41, 5.74) is 2.10. The van der Waals surface area contributed by atoms with Gasteiger partial charge in [0.05, 0.1) is 0 Å². The number of hydrogen-bond donors (Lipinski definition) is 1. The molecule has 2 atom stereocenters. The maximum Gasteiger partial charge on any atom is 0.420 e. The summed E-state index contributed by atoms with van der Waals surface area (Å²) in [4.78, 5) is 2.54. The summed E-state index contributed by atoms with van der Waals surface area (Å²) in [6, 6.07) is 8.35. The Morgan fingerprint density at radius 3 is 2.11 bits per heavy atom.